The van der Waals surface area contributed by atoms with Gasteiger partial charge >= 0.3 is 6.09 Å². The highest BCUT2D eigenvalue weighted by Gasteiger charge is 2.36. The standard InChI is InChI=1S/C29H36FNO4Si/c1-19(36)29(2,3)35-28(32)31-14-13-26(22-7-10-24(30)11-8-22)27(17-31)34-18-20-5-6-21-9-12-25(33-4)16-23(21)15-20/h5-12,15-16,19,26-27H,13-14,17-18H2,1-4,36H3. The van der Waals surface area contributed by atoms with Crippen LogP contribution in [0.1, 0.15) is 44.2 Å². The number of ether oxygens (including phenoxy) is 3. The fraction of sp³-hybridized carbons (Fsp3) is 0.414. The molecule has 1 aliphatic rings. The SMILES string of the molecule is COc1ccc2ccc(COC3CN(C(=O)OC(C)(C)C(C)[SiH3])CCC3c3ccc(F)cc3)cc2c1. The van der Waals surface area contributed by atoms with Gasteiger partial charge in [-0.1, -0.05) is 37.3 Å². The number of hydrogen-bond donors (Lipinski definition) is 0. The number of carbonyl (C=O) groups excluding carboxylic acids is 1. The van der Waals surface area contributed by atoms with Crippen molar-refractivity contribution in [3.8, 4) is 5.75 Å². The first-order valence-corrected chi connectivity index (χ1v) is 13.7. The highest BCUT2D eigenvalue weighted by molar-refractivity contribution is 6.12. The molecule has 1 aliphatic heterocycles. The number of halogens is 1. The van der Waals surface area contributed by atoms with Crippen molar-refractivity contribution in [1.82, 2.24) is 4.90 Å². The van der Waals surface area contributed by atoms with E-state index in [-0.39, 0.29) is 23.9 Å². The van der Waals surface area contributed by atoms with Gasteiger partial charge in [-0.05, 0) is 78.0 Å². The Hall–Kier alpha value is -2.90. The topological polar surface area (TPSA) is 48.0 Å². The van der Waals surface area contributed by atoms with E-state index in [0.717, 1.165) is 44.3 Å². The van der Waals surface area contributed by atoms with Crippen LogP contribution in [0.4, 0.5) is 9.18 Å². The van der Waals surface area contributed by atoms with Crippen molar-refractivity contribution in [2.75, 3.05) is 20.2 Å². The maximum absolute atomic E-state index is 13.6. The molecule has 0 radical (unpaired) electrons. The van der Waals surface area contributed by atoms with Gasteiger partial charge in [-0.25, -0.2) is 9.18 Å². The molecule has 0 spiro atoms. The maximum Gasteiger partial charge on any atom is 0.410 e. The van der Waals surface area contributed by atoms with E-state index in [0.29, 0.717) is 25.2 Å². The summed E-state index contributed by atoms with van der Waals surface area (Å²) >= 11 is 0. The zero-order valence-corrected chi connectivity index (χ0v) is 23.8. The lowest BCUT2D eigenvalue weighted by Gasteiger charge is -2.40. The third-order valence-corrected chi connectivity index (χ3v) is 8.82. The van der Waals surface area contributed by atoms with Crippen LogP contribution < -0.4 is 4.74 Å². The monoisotopic (exact) mass is 509 g/mol. The molecule has 192 valence electrons. The van der Waals surface area contributed by atoms with Gasteiger partial charge in [0.25, 0.3) is 0 Å². The summed E-state index contributed by atoms with van der Waals surface area (Å²) in [4.78, 5) is 14.8. The zero-order valence-electron chi connectivity index (χ0n) is 21.8. The third kappa shape index (κ3) is 6.07. The molecule has 1 fully saturated rings. The number of nitrogens with zero attached hydrogens (tertiary/aromatic N) is 1. The second kappa shape index (κ2) is 11.0. The Morgan fingerprint density at radius 2 is 1.83 bits per heavy atom. The summed E-state index contributed by atoms with van der Waals surface area (Å²) < 4.78 is 31.3. The summed E-state index contributed by atoms with van der Waals surface area (Å²) in [5, 5.41) is 2.21. The Bertz CT molecular complexity index is 1200. The molecule has 5 nitrogen and oxygen atoms in total. The van der Waals surface area contributed by atoms with Crippen molar-refractivity contribution < 1.29 is 23.4 Å². The minimum Gasteiger partial charge on any atom is -0.497 e. The van der Waals surface area contributed by atoms with Crippen LogP contribution in [-0.4, -0.2) is 53.1 Å². The molecule has 3 atom stereocenters. The van der Waals surface area contributed by atoms with Crippen LogP contribution in [0.2, 0.25) is 5.54 Å². The Labute approximate surface area is 216 Å². The van der Waals surface area contributed by atoms with Gasteiger partial charge in [0, 0.05) is 22.7 Å². The van der Waals surface area contributed by atoms with Crippen LogP contribution in [0.5, 0.6) is 5.75 Å². The molecule has 0 bridgehead atoms. The Morgan fingerprint density at radius 3 is 2.53 bits per heavy atom. The molecule has 0 aliphatic carbocycles. The molecule has 4 rings (SSSR count). The van der Waals surface area contributed by atoms with Crippen molar-refractivity contribution in [2.24, 2.45) is 0 Å². The molecule has 0 aromatic heterocycles. The van der Waals surface area contributed by atoms with Gasteiger partial charge in [0.2, 0.25) is 0 Å². The lowest BCUT2D eigenvalue weighted by molar-refractivity contribution is -0.0393. The molecule has 0 saturated carbocycles. The van der Waals surface area contributed by atoms with E-state index in [2.05, 4.69) is 25.1 Å². The summed E-state index contributed by atoms with van der Waals surface area (Å²) in [6.45, 7) is 7.44. The summed E-state index contributed by atoms with van der Waals surface area (Å²) in [6.07, 6.45) is 0.179. The fourth-order valence-corrected chi connectivity index (χ4v) is 4.56. The number of methoxy groups -OCH3 is 1. The lowest BCUT2D eigenvalue weighted by Crippen LogP contribution is -2.49. The summed E-state index contributed by atoms with van der Waals surface area (Å²) in [5.74, 6) is 0.606. The lowest BCUT2D eigenvalue weighted by atomic mass is 9.87. The van der Waals surface area contributed by atoms with Crippen molar-refractivity contribution in [3.05, 3.63) is 77.6 Å². The second-order valence-electron chi connectivity index (χ2n) is 10.4. The number of benzene rings is 3. The van der Waals surface area contributed by atoms with Crippen molar-refractivity contribution in [1.29, 1.82) is 0 Å². The molecule has 3 aromatic carbocycles. The van der Waals surface area contributed by atoms with Gasteiger partial charge in [-0.2, -0.15) is 0 Å². The van der Waals surface area contributed by atoms with E-state index >= 15 is 0 Å². The molecule has 1 heterocycles. The fourth-order valence-electron chi connectivity index (χ4n) is 4.44. The first-order valence-electron chi connectivity index (χ1n) is 12.6. The Morgan fingerprint density at radius 1 is 1.11 bits per heavy atom. The predicted octanol–water partition coefficient (Wildman–Crippen LogP) is 5.45. The van der Waals surface area contributed by atoms with Crippen molar-refractivity contribution in [3.63, 3.8) is 0 Å². The minimum atomic E-state index is -0.500. The molecular formula is C29H36FNO4Si. The van der Waals surface area contributed by atoms with Crippen LogP contribution >= 0.6 is 0 Å². The summed E-state index contributed by atoms with van der Waals surface area (Å²) in [5.41, 5.74) is 1.89. The van der Waals surface area contributed by atoms with Gasteiger partial charge in [-0.15, -0.1) is 0 Å². The molecular weight excluding hydrogens is 473 g/mol. The van der Waals surface area contributed by atoms with Gasteiger partial charge in [0.05, 0.1) is 26.4 Å². The summed E-state index contributed by atoms with van der Waals surface area (Å²) in [6, 6.07) is 18.8. The van der Waals surface area contributed by atoms with E-state index in [4.69, 9.17) is 14.2 Å². The van der Waals surface area contributed by atoms with Gasteiger partial charge in [0.15, 0.2) is 0 Å². The molecule has 1 amide bonds. The number of likely N-dealkylation sites (tertiary alicyclic amines) is 1. The highest BCUT2D eigenvalue weighted by atomic mass is 28.1. The first-order chi connectivity index (χ1) is 17.2. The summed E-state index contributed by atoms with van der Waals surface area (Å²) in [7, 11) is 2.60. The van der Waals surface area contributed by atoms with Gasteiger partial charge in [0.1, 0.15) is 17.2 Å². The number of carbonyl (C=O) groups is 1. The molecule has 3 unspecified atom stereocenters. The molecule has 1 saturated heterocycles. The first kappa shape index (κ1) is 26.2. The number of fused-ring (bicyclic) bond motifs is 1. The van der Waals surface area contributed by atoms with Crippen LogP contribution in [0.3, 0.4) is 0 Å². The Balaban J connectivity index is 1.52. The average Bonchev–Trinajstić information content (AvgIpc) is 2.87. The van der Waals surface area contributed by atoms with Crippen molar-refractivity contribution >= 4 is 27.1 Å². The van der Waals surface area contributed by atoms with E-state index in [1.54, 1.807) is 12.0 Å². The average molecular weight is 510 g/mol. The van der Waals surface area contributed by atoms with E-state index in [9.17, 15) is 9.18 Å². The van der Waals surface area contributed by atoms with Crippen LogP contribution in [0.15, 0.2) is 60.7 Å². The van der Waals surface area contributed by atoms with Crippen LogP contribution in [-0.2, 0) is 16.1 Å². The Kier molecular flexibility index (Phi) is 8.00. The predicted molar refractivity (Wildman–Crippen MR) is 144 cm³/mol. The van der Waals surface area contributed by atoms with Crippen molar-refractivity contribution in [2.45, 2.75) is 57.0 Å². The van der Waals surface area contributed by atoms with Crippen LogP contribution in [0, 0.1) is 5.82 Å². The normalized spacial score (nSPS) is 19.3. The number of rotatable bonds is 7. The molecule has 3 aromatic rings. The quantitative estimate of drug-likeness (QED) is 0.398. The molecule has 36 heavy (non-hydrogen) atoms. The minimum absolute atomic E-state index is 0.0562. The maximum atomic E-state index is 13.6. The smallest absolute Gasteiger partial charge is 0.410 e. The number of amides is 1. The van der Waals surface area contributed by atoms with Crippen LogP contribution in [0.25, 0.3) is 10.8 Å². The van der Waals surface area contributed by atoms with E-state index in [1.165, 1.54) is 12.1 Å². The second-order valence-corrected chi connectivity index (χ2v) is 12.1. The van der Waals surface area contributed by atoms with E-state index < -0.39 is 5.60 Å². The van der Waals surface area contributed by atoms with Gasteiger partial charge in [-0.3, -0.25) is 0 Å². The zero-order chi connectivity index (χ0) is 25.9. The van der Waals surface area contributed by atoms with E-state index in [1.807, 2.05) is 44.2 Å². The molecule has 0 N–H and O–H groups in total. The number of piperidine rings is 1. The number of hydrogen-bond acceptors (Lipinski definition) is 4. The third-order valence-electron chi connectivity index (χ3n) is 7.43. The highest BCUT2D eigenvalue weighted by Crippen LogP contribution is 2.33. The molecule has 7 heteroatoms. The van der Waals surface area contributed by atoms with Gasteiger partial charge < -0.3 is 19.1 Å². The largest absolute Gasteiger partial charge is 0.497 e.